The maximum atomic E-state index is 11.7. The standard InChI is InChI=1S/C16H15NO3S/c1-10-4-5-11(2)16(8-10)21-15-7-6-13(17(19)20)9-14(15)12(3)18/h4-9H,1-3H3. The molecule has 2 aromatic rings. The summed E-state index contributed by atoms with van der Waals surface area (Å²) in [6.45, 7) is 5.43. The fourth-order valence-electron chi connectivity index (χ4n) is 1.93. The third-order valence-corrected chi connectivity index (χ3v) is 4.35. The van der Waals surface area contributed by atoms with Gasteiger partial charge in [-0.1, -0.05) is 23.9 Å². The smallest absolute Gasteiger partial charge is 0.270 e. The molecule has 0 bridgehead atoms. The number of nitro benzene ring substituents is 1. The molecule has 0 amide bonds. The van der Waals surface area contributed by atoms with Gasteiger partial charge in [0.15, 0.2) is 5.78 Å². The molecule has 0 radical (unpaired) electrons. The van der Waals surface area contributed by atoms with E-state index in [0.717, 1.165) is 20.9 Å². The Hall–Kier alpha value is -2.14. The molecule has 2 rings (SSSR count). The zero-order valence-electron chi connectivity index (χ0n) is 12.0. The number of carbonyl (C=O) groups excluding carboxylic acids is 1. The minimum Gasteiger partial charge on any atom is -0.294 e. The molecular weight excluding hydrogens is 286 g/mol. The zero-order valence-corrected chi connectivity index (χ0v) is 12.9. The van der Waals surface area contributed by atoms with Crippen molar-refractivity contribution in [2.45, 2.75) is 30.6 Å². The van der Waals surface area contributed by atoms with Crippen LogP contribution in [-0.4, -0.2) is 10.7 Å². The second-order valence-corrected chi connectivity index (χ2v) is 5.95. The molecule has 0 saturated heterocycles. The monoisotopic (exact) mass is 301 g/mol. The van der Waals surface area contributed by atoms with Gasteiger partial charge in [0.05, 0.1) is 4.92 Å². The van der Waals surface area contributed by atoms with Crippen LogP contribution in [0.5, 0.6) is 0 Å². The van der Waals surface area contributed by atoms with E-state index in [1.807, 2.05) is 32.0 Å². The lowest BCUT2D eigenvalue weighted by molar-refractivity contribution is -0.384. The van der Waals surface area contributed by atoms with Crippen LogP contribution in [-0.2, 0) is 0 Å². The van der Waals surface area contributed by atoms with Crippen molar-refractivity contribution in [2.75, 3.05) is 0 Å². The second kappa shape index (κ2) is 6.10. The Kier molecular flexibility index (Phi) is 4.43. The van der Waals surface area contributed by atoms with Gasteiger partial charge in [0, 0.05) is 27.5 Å². The fraction of sp³-hybridized carbons (Fsp3) is 0.188. The van der Waals surface area contributed by atoms with E-state index in [1.165, 1.54) is 30.8 Å². The minimum absolute atomic E-state index is 0.0643. The van der Waals surface area contributed by atoms with E-state index in [1.54, 1.807) is 6.07 Å². The number of aryl methyl sites for hydroxylation is 2. The molecule has 0 unspecified atom stereocenters. The van der Waals surface area contributed by atoms with Crippen molar-refractivity contribution < 1.29 is 9.72 Å². The summed E-state index contributed by atoms with van der Waals surface area (Å²) in [5, 5.41) is 10.8. The van der Waals surface area contributed by atoms with Crippen LogP contribution in [0.15, 0.2) is 46.2 Å². The zero-order chi connectivity index (χ0) is 15.6. The highest BCUT2D eigenvalue weighted by atomic mass is 32.2. The van der Waals surface area contributed by atoms with E-state index in [-0.39, 0.29) is 11.5 Å². The first-order chi connectivity index (χ1) is 9.88. The summed E-state index contributed by atoms with van der Waals surface area (Å²) >= 11 is 1.46. The van der Waals surface area contributed by atoms with Gasteiger partial charge in [0.2, 0.25) is 0 Å². The number of Topliss-reactive ketones (excluding diaryl/α,β-unsaturated/α-hetero) is 1. The fourth-order valence-corrected chi connectivity index (χ4v) is 3.09. The average molecular weight is 301 g/mol. The summed E-state index contributed by atoms with van der Waals surface area (Å²) in [6, 6.07) is 10.5. The SMILES string of the molecule is CC(=O)c1cc([N+](=O)[O-])ccc1Sc1cc(C)ccc1C. The van der Waals surface area contributed by atoms with Crippen LogP contribution in [0.1, 0.15) is 28.4 Å². The van der Waals surface area contributed by atoms with Gasteiger partial charge < -0.3 is 0 Å². The molecule has 4 nitrogen and oxygen atoms in total. The molecule has 21 heavy (non-hydrogen) atoms. The molecule has 0 aliphatic heterocycles. The van der Waals surface area contributed by atoms with E-state index in [4.69, 9.17) is 0 Å². The third kappa shape index (κ3) is 3.49. The molecule has 0 saturated carbocycles. The number of rotatable bonds is 4. The van der Waals surface area contributed by atoms with Gasteiger partial charge in [0.25, 0.3) is 5.69 Å². The molecule has 0 aliphatic carbocycles. The summed E-state index contributed by atoms with van der Waals surface area (Å²) in [7, 11) is 0. The number of ketones is 1. The highest BCUT2D eigenvalue weighted by Gasteiger charge is 2.15. The van der Waals surface area contributed by atoms with Crippen molar-refractivity contribution in [3.8, 4) is 0 Å². The van der Waals surface area contributed by atoms with Gasteiger partial charge >= 0.3 is 0 Å². The van der Waals surface area contributed by atoms with Crippen molar-refractivity contribution in [3.05, 3.63) is 63.2 Å². The van der Waals surface area contributed by atoms with Crippen molar-refractivity contribution >= 4 is 23.2 Å². The molecule has 0 spiro atoms. The van der Waals surface area contributed by atoms with Crippen LogP contribution in [0.4, 0.5) is 5.69 Å². The van der Waals surface area contributed by atoms with Gasteiger partial charge in [-0.25, -0.2) is 0 Å². The molecule has 5 heteroatoms. The van der Waals surface area contributed by atoms with E-state index in [9.17, 15) is 14.9 Å². The number of carbonyl (C=O) groups is 1. The lowest BCUT2D eigenvalue weighted by Gasteiger charge is -2.09. The Labute approximate surface area is 127 Å². The normalized spacial score (nSPS) is 10.4. The molecule has 2 aromatic carbocycles. The van der Waals surface area contributed by atoms with Crippen LogP contribution in [0.2, 0.25) is 0 Å². The first kappa shape index (κ1) is 15.3. The van der Waals surface area contributed by atoms with E-state index in [0.29, 0.717) is 5.56 Å². The van der Waals surface area contributed by atoms with Crippen LogP contribution < -0.4 is 0 Å². The first-order valence-corrected chi connectivity index (χ1v) is 7.24. The summed E-state index contributed by atoms with van der Waals surface area (Å²) in [6.07, 6.45) is 0. The molecule has 0 fully saturated rings. The van der Waals surface area contributed by atoms with Gasteiger partial charge in [-0.05, 0) is 44.0 Å². The summed E-state index contributed by atoms with van der Waals surface area (Å²) in [5.74, 6) is -0.175. The van der Waals surface area contributed by atoms with Crippen molar-refractivity contribution in [3.63, 3.8) is 0 Å². The summed E-state index contributed by atoms with van der Waals surface area (Å²) in [5.41, 5.74) is 2.56. The minimum atomic E-state index is -0.487. The largest absolute Gasteiger partial charge is 0.294 e. The van der Waals surface area contributed by atoms with Gasteiger partial charge in [-0.15, -0.1) is 0 Å². The molecule has 0 atom stereocenters. The van der Waals surface area contributed by atoms with Gasteiger partial charge in [0.1, 0.15) is 0 Å². The molecule has 0 heterocycles. The first-order valence-electron chi connectivity index (χ1n) is 6.43. The number of non-ortho nitro benzene ring substituents is 1. The quantitative estimate of drug-likeness (QED) is 0.471. The van der Waals surface area contributed by atoms with Crippen LogP contribution in [0, 0.1) is 24.0 Å². The maximum absolute atomic E-state index is 11.7. The number of benzene rings is 2. The summed E-state index contributed by atoms with van der Waals surface area (Å²) < 4.78 is 0. The predicted octanol–water partition coefficient (Wildman–Crippen LogP) is 4.57. The Morgan fingerprint density at radius 1 is 1.10 bits per heavy atom. The van der Waals surface area contributed by atoms with Crippen molar-refractivity contribution in [1.29, 1.82) is 0 Å². The number of nitrogens with zero attached hydrogens (tertiary/aromatic N) is 1. The number of hydrogen-bond donors (Lipinski definition) is 0. The van der Waals surface area contributed by atoms with Gasteiger partial charge in [-0.3, -0.25) is 14.9 Å². The number of nitro groups is 1. The lowest BCUT2D eigenvalue weighted by Crippen LogP contribution is -1.98. The maximum Gasteiger partial charge on any atom is 0.270 e. The average Bonchev–Trinajstić information content (AvgIpc) is 2.42. The van der Waals surface area contributed by atoms with Crippen LogP contribution >= 0.6 is 11.8 Å². The number of hydrogen-bond acceptors (Lipinski definition) is 4. The predicted molar refractivity (Wildman–Crippen MR) is 83.1 cm³/mol. The highest BCUT2D eigenvalue weighted by Crippen LogP contribution is 2.35. The van der Waals surface area contributed by atoms with E-state index in [2.05, 4.69) is 0 Å². The lowest BCUT2D eigenvalue weighted by atomic mass is 10.1. The Morgan fingerprint density at radius 3 is 2.43 bits per heavy atom. The van der Waals surface area contributed by atoms with Crippen molar-refractivity contribution in [1.82, 2.24) is 0 Å². The molecule has 0 aliphatic rings. The molecular formula is C16H15NO3S. The highest BCUT2D eigenvalue weighted by molar-refractivity contribution is 7.99. The molecule has 0 aromatic heterocycles. The van der Waals surface area contributed by atoms with Crippen LogP contribution in [0.3, 0.4) is 0 Å². The Balaban J connectivity index is 2.46. The van der Waals surface area contributed by atoms with Gasteiger partial charge in [-0.2, -0.15) is 0 Å². The molecule has 108 valence electrons. The Bertz CT molecular complexity index is 725. The second-order valence-electron chi connectivity index (χ2n) is 4.86. The Morgan fingerprint density at radius 2 is 1.81 bits per heavy atom. The van der Waals surface area contributed by atoms with E-state index < -0.39 is 4.92 Å². The molecule has 0 N–H and O–H groups in total. The van der Waals surface area contributed by atoms with Crippen molar-refractivity contribution in [2.24, 2.45) is 0 Å². The third-order valence-electron chi connectivity index (χ3n) is 3.12. The summed E-state index contributed by atoms with van der Waals surface area (Å²) in [4.78, 5) is 23.9. The topological polar surface area (TPSA) is 60.2 Å². The van der Waals surface area contributed by atoms with Crippen LogP contribution in [0.25, 0.3) is 0 Å². The van der Waals surface area contributed by atoms with E-state index >= 15 is 0 Å².